The van der Waals surface area contributed by atoms with E-state index in [-0.39, 0.29) is 28.3 Å². The molecule has 0 spiro atoms. The van der Waals surface area contributed by atoms with E-state index in [1.807, 2.05) is 0 Å². The first-order valence-electron chi connectivity index (χ1n) is 9.28. The normalized spacial score (nSPS) is 13.9. The molecular weight excluding hydrogens is 441 g/mol. The van der Waals surface area contributed by atoms with Gasteiger partial charge in [-0.2, -0.15) is 0 Å². The predicted octanol–water partition coefficient (Wildman–Crippen LogP) is 3.20. The van der Waals surface area contributed by atoms with Gasteiger partial charge in [0, 0.05) is 12.0 Å². The van der Waals surface area contributed by atoms with Crippen LogP contribution in [0.2, 0.25) is 0 Å². The fraction of sp³-hybridized carbons (Fsp3) is 0.136. The fourth-order valence-corrected chi connectivity index (χ4v) is 5.78. The van der Waals surface area contributed by atoms with Gasteiger partial charge < -0.3 is 0 Å². The van der Waals surface area contributed by atoms with Crippen LogP contribution < -0.4 is 4.90 Å². The van der Waals surface area contributed by atoms with E-state index < -0.39 is 39.0 Å². The Hall–Kier alpha value is -3.17. The average Bonchev–Trinajstić information content (AvgIpc) is 3.25. The Kier molecular flexibility index (Phi) is 5.55. The topological polar surface area (TPSA) is 88.6 Å². The van der Waals surface area contributed by atoms with E-state index in [1.54, 1.807) is 35.7 Å². The Morgan fingerprint density at radius 3 is 2.55 bits per heavy atom. The molecule has 0 bridgehead atoms. The van der Waals surface area contributed by atoms with Gasteiger partial charge in [0.1, 0.15) is 15.8 Å². The van der Waals surface area contributed by atoms with Crippen LogP contribution in [0, 0.1) is 5.82 Å². The molecule has 1 aromatic heterocycles. The number of hydrogen-bond acceptors (Lipinski definition) is 6. The van der Waals surface area contributed by atoms with Crippen LogP contribution in [0.5, 0.6) is 0 Å². The van der Waals surface area contributed by atoms with Gasteiger partial charge in [-0.15, -0.1) is 11.3 Å². The molecular formula is C22H16FNO5S2. The minimum absolute atomic E-state index is 0.0256. The molecule has 0 radical (unpaired) electrons. The fourth-order valence-electron chi connectivity index (χ4n) is 3.45. The quantitative estimate of drug-likeness (QED) is 0.531. The number of thiophene rings is 1. The number of hydrogen-bond donors (Lipinski definition) is 0. The van der Waals surface area contributed by atoms with Gasteiger partial charge in [-0.05, 0) is 40.8 Å². The molecule has 4 rings (SSSR count). The number of imide groups is 1. The maximum atomic E-state index is 14.8. The zero-order valence-electron chi connectivity index (χ0n) is 16.1. The van der Waals surface area contributed by atoms with E-state index >= 15 is 0 Å². The molecule has 158 valence electrons. The first-order valence-corrected chi connectivity index (χ1v) is 11.8. The number of halogens is 1. The second-order valence-electron chi connectivity index (χ2n) is 7.06. The van der Waals surface area contributed by atoms with Gasteiger partial charge >= 0.3 is 0 Å². The highest BCUT2D eigenvalue weighted by atomic mass is 32.2. The van der Waals surface area contributed by atoms with Gasteiger partial charge in [-0.3, -0.25) is 14.4 Å². The third-order valence-corrected chi connectivity index (χ3v) is 8.01. The van der Waals surface area contributed by atoms with Crippen LogP contribution in [-0.4, -0.2) is 31.8 Å². The van der Waals surface area contributed by atoms with E-state index in [9.17, 15) is 27.2 Å². The molecule has 0 saturated carbocycles. The van der Waals surface area contributed by atoms with Crippen LogP contribution in [0.1, 0.15) is 21.5 Å². The Labute approximate surface area is 181 Å². The van der Waals surface area contributed by atoms with E-state index in [4.69, 9.17) is 0 Å². The maximum Gasteiger partial charge on any atom is 0.265 e. The second-order valence-corrected chi connectivity index (χ2v) is 10.2. The van der Waals surface area contributed by atoms with Crippen molar-refractivity contribution in [3.63, 3.8) is 0 Å². The molecule has 0 aliphatic carbocycles. The summed E-state index contributed by atoms with van der Waals surface area (Å²) >= 11 is 1.02. The molecule has 1 aliphatic heterocycles. The average molecular weight is 458 g/mol. The summed E-state index contributed by atoms with van der Waals surface area (Å²) in [5.41, 5.74) is 0.972. The number of carbonyl (C=O) groups excluding carboxylic acids is 3. The highest BCUT2D eigenvalue weighted by Crippen LogP contribution is 2.28. The molecule has 1 aliphatic rings. The third kappa shape index (κ3) is 4.19. The summed E-state index contributed by atoms with van der Waals surface area (Å²) in [6.45, 7) is 0. The lowest BCUT2D eigenvalue weighted by Crippen LogP contribution is -2.43. The molecule has 3 aromatic rings. The highest BCUT2D eigenvalue weighted by Gasteiger charge is 2.33. The number of anilines is 1. The van der Waals surface area contributed by atoms with Crippen LogP contribution in [0.4, 0.5) is 10.1 Å². The monoisotopic (exact) mass is 457 g/mol. The van der Waals surface area contributed by atoms with Gasteiger partial charge in [0.25, 0.3) is 5.91 Å². The largest absolute Gasteiger partial charge is 0.298 e. The summed E-state index contributed by atoms with van der Waals surface area (Å²) < 4.78 is 39.4. The van der Waals surface area contributed by atoms with Crippen LogP contribution in [0.15, 0.2) is 64.2 Å². The van der Waals surface area contributed by atoms with Gasteiger partial charge in [0.2, 0.25) is 5.91 Å². The van der Waals surface area contributed by atoms with Crippen LogP contribution in [0.3, 0.4) is 0 Å². The molecule has 31 heavy (non-hydrogen) atoms. The van der Waals surface area contributed by atoms with Crippen molar-refractivity contribution in [2.24, 2.45) is 0 Å². The summed E-state index contributed by atoms with van der Waals surface area (Å²) in [7, 11) is -3.74. The van der Waals surface area contributed by atoms with Crippen molar-refractivity contribution < 1.29 is 27.2 Å². The summed E-state index contributed by atoms with van der Waals surface area (Å²) in [6.07, 6.45) is -0.311. The SMILES string of the molecule is O=C(Cc1ccc(N2C(=O)Cc3ccccc3C2=O)c(F)c1)CS(=O)(=O)c1cccs1. The van der Waals surface area contributed by atoms with Crippen molar-refractivity contribution >= 4 is 44.5 Å². The Bertz CT molecular complexity index is 1300. The van der Waals surface area contributed by atoms with Crippen LogP contribution >= 0.6 is 11.3 Å². The highest BCUT2D eigenvalue weighted by molar-refractivity contribution is 7.94. The van der Waals surface area contributed by atoms with Crippen molar-refractivity contribution in [1.82, 2.24) is 0 Å². The molecule has 0 unspecified atom stereocenters. The Morgan fingerprint density at radius 1 is 1.06 bits per heavy atom. The molecule has 2 heterocycles. The minimum atomic E-state index is -3.74. The van der Waals surface area contributed by atoms with E-state index in [0.29, 0.717) is 11.1 Å². The summed E-state index contributed by atoms with van der Waals surface area (Å²) in [5.74, 6) is -3.27. The number of nitrogens with zero attached hydrogens (tertiary/aromatic N) is 1. The van der Waals surface area contributed by atoms with Crippen LogP contribution in [-0.2, 0) is 32.3 Å². The number of Topliss-reactive ketones (excluding diaryl/α,β-unsaturated/α-hetero) is 1. The summed E-state index contributed by atoms with van der Waals surface area (Å²) in [5, 5.41) is 1.60. The van der Waals surface area contributed by atoms with E-state index in [1.165, 1.54) is 18.2 Å². The lowest BCUT2D eigenvalue weighted by atomic mass is 9.97. The lowest BCUT2D eigenvalue weighted by molar-refractivity contribution is -0.118. The van der Waals surface area contributed by atoms with Crippen molar-refractivity contribution in [2.45, 2.75) is 17.1 Å². The van der Waals surface area contributed by atoms with Crippen LogP contribution in [0.25, 0.3) is 0 Å². The number of benzene rings is 2. The number of fused-ring (bicyclic) bond motifs is 1. The van der Waals surface area contributed by atoms with Crippen molar-refractivity contribution in [3.05, 3.63) is 82.5 Å². The number of amides is 2. The lowest BCUT2D eigenvalue weighted by Gasteiger charge is -2.27. The Balaban J connectivity index is 1.53. The van der Waals surface area contributed by atoms with Gasteiger partial charge in [0.15, 0.2) is 15.6 Å². The van der Waals surface area contributed by atoms with Gasteiger partial charge in [-0.25, -0.2) is 17.7 Å². The molecule has 9 heteroatoms. The van der Waals surface area contributed by atoms with E-state index in [2.05, 4.69) is 0 Å². The smallest absolute Gasteiger partial charge is 0.265 e. The first kappa shape index (κ1) is 21.1. The molecule has 2 aromatic carbocycles. The molecule has 0 N–H and O–H groups in total. The second kappa shape index (κ2) is 8.16. The number of carbonyl (C=O) groups is 3. The third-order valence-electron chi connectivity index (χ3n) is 4.85. The molecule has 0 fully saturated rings. The summed E-state index contributed by atoms with van der Waals surface area (Å²) in [4.78, 5) is 38.2. The number of rotatable bonds is 6. The van der Waals surface area contributed by atoms with E-state index in [0.717, 1.165) is 22.3 Å². The Morgan fingerprint density at radius 2 is 1.84 bits per heavy atom. The summed E-state index contributed by atoms with van der Waals surface area (Å²) in [6, 6.07) is 13.4. The standard InChI is InChI=1S/C22H16FNO5S2/c23-18-11-14(10-16(25)13-31(28,29)21-6-3-9-30-21)7-8-19(18)24-20(26)12-15-4-1-2-5-17(15)22(24)27/h1-9,11H,10,12-13H2. The first-order chi connectivity index (χ1) is 14.8. The zero-order valence-corrected chi connectivity index (χ0v) is 17.7. The predicted molar refractivity (Wildman–Crippen MR) is 113 cm³/mol. The molecule has 2 amide bonds. The van der Waals surface area contributed by atoms with Gasteiger partial charge in [0.05, 0.1) is 12.1 Å². The van der Waals surface area contributed by atoms with Crippen molar-refractivity contribution in [1.29, 1.82) is 0 Å². The number of sulfone groups is 1. The van der Waals surface area contributed by atoms with Gasteiger partial charge in [-0.1, -0.05) is 30.3 Å². The van der Waals surface area contributed by atoms with Crippen molar-refractivity contribution in [3.8, 4) is 0 Å². The molecule has 0 atom stereocenters. The zero-order chi connectivity index (χ0) is 22.2. The van der Waals surface area contributed by atoms with Crippen molar-refractivity contribution in [2.75, 3.05) is 10.7 Å². The molecule has 0 saturated heterocycles. The maximum absolute atomic E-state index is 14.8. The minimum Gasteiger partial charge on any atom is -0.298 e. The molecule has 6 nitrogen and oxygen atoms in total. The number of ketones is 1.